The molecule has 1 unspecified atom stereocenters. The van der Waals surface area contributed by atoms with Gasteiger partial charge in [0, 0.05) is 15.3 Å². The van der Waals surface area contributed by atoms with Crippen LogP contribution in [-0.4, -0.2) is 17.3 Å². The first-order chi connectivity index (χ1) is 8.61. The molecule has 1 fully saturated rings. The monoisotopic (exact) mass is 267 g/mol. The maximum absolute atomic E-state index is 9.16. The highest BCUT2D eigenvalue weighted by molar-refractivity contribution is 7.12. The van der Waals surface area contributed by atoms with Gasteiger partial charge in [-0.3, -0.25) is 0 Å². The predicted molar refractivity (Wildman–Crippen MR) is 78.1 cm³/mol. The lowest BCUT2D eigenvalue weighted by Crippen LogP contribution is -2.40. The molecule has 1 aromatic rings. The normalized spacial score (nSPS) is 20.8. The van der Waals surface area contributed by atoms with Crippen LogP contribution in [0.4, 0.5) is 0 Å². The second kappa shape index (κ2) is 6.18. The van der Waals surface area contributed by atoms with Crippen molar-refractivity contribution in [3.63, 3.8) is 0 Å². The molecule has 1 aliphatic carbocycles. The topological polar surface area (TPSA) is 46.2 Å². The quantitative estimate of drug-likeness (QED) is 0.858. The van der Waals surface area contributed by atoms with Crippen molar-refractivity contribution in [1.82, 2.24) is 0 Å². The SMILES string of the molecule is CC(N)(CO)CCc1ccc(C2CCCCC2)s1. The molecular weight excluding hydrogens is 242 g/mol. The molecular formula is C15H25NOS. The zero-order chi connectivity index (χ0) is 13.0. The van der Waals surface area contributed by atoms with Crippen LogP contribution in [0, 0.1) is 0 Å². The van der Waals surface area contributed by atoms with Crippen molar-refractivity contribution in [3.05, 3.63) is 21.9 Å². The number of aryl methyl sites for hydroxylation is 1. The maximum Gasteiger partial charge on any atom is 0.0608 e. The van der Waals surface area contributed by atoms with Gasteiger partial charge in [0.2, 0.25) is 0 Å². The number of hydrogen-bond acceptors (Lipinski definition) is 3. The van der Waals surface area contributed by atoms with E-state index in [4.69, 9.17) is 10.8 Å². The minimum absolute atomic E-state index is 0.0634. The molecule has 1 atom stereocenters. The average molecular weight is 267 g/mol. The van der Waals surface area contributed by atoms with E-state index in [1.807, 2.05) is 18.3 Å². The van der Waals surface area contributed by atoms with E-state index in [-0.39, 0.29) is 6.61 Å². The summed E-state index contributed by atoms with van der Waals surface area (Å²) < 4.78 is 0. The fourth-order valence-electron chi connectivity index (χ4n) is 2.62. The van der Waals surface area contributed by atoms with Crippen LogP contribution in [0.25, 0.3) is 0 Å². The Morgan fingerprint density at radius 1 is 1.33 bits per heavy atom. The molecule has 18 heavy (non-hydrogen) atoms. The second-order valence-electron chi connectivity index (χ2n) is 5.95. The van der Waals surface area contributed by atoms with Gasteiger partial charge in [0.25, 0.3) is 0 Å². The lowest BCUT2D eigenvalue weighted by molar-refractivity contribution is 0.201. The van der Waals surface area contributed by atoms with E-state index >= 15 is 0 Å². The summed E-state index contributed by atoms with van der Waals surface area (Å²) in [7, 11) is 0. The molecule has 0 amide bonds. The Hall–Kier alpha value is -0.380. The van der Waals surface area contributed by atoms with Gasteiger partial charge < -0.3 is 10.8 Å². The molecule has 0 radical (unpaired) electrons. The van der Waals surface area contributed by atoms with Gasteiger partial charge in [0.05, 0.1) is 6.61 Å². The summed E-state index contributed by atoms with van der Waals surface area (Å²) in [5, 5.41) is 9.16. The largest absolute Gasteiger partial charge is 0.394 e. The minimum atomic E-state index is -0.436. The van der Waals surface area contributed by atoms with Crippen LogP contribution in [0.1, 0.15) is 61.1 Å². The standard InChI is InChI=1S/C15H25NOS/c1-15(16,11-17)10-9-13-7-8-14(18-13)12-5-3-2-4-6-12/h7-8,12,17H,2-6,9-11,16H2,1H3. The summed E-state index contributed by atoms with van der Waals surface area (Å²) in [6.07, 6.45) is 8.78. The smallest absolute Gasteiger partial charge is 0.0608 e. The lowest BCUT2D eigenvalue weighted by Gasteiger charge is -2.21. The van der Waals surface area contributed by atoms with Crippen molar-refractivity contribution < 1.29 is 5.11 Å². The average Bonchev–Trinajstić information content (AvgIpc) is 2.86. The number of hydrogen-bond donors (Lipinski definition) is 2. The van der Waals surface area contributed by atoms with Crippen LogP contribution >= 0.6 is 11.3 Å². The molecule has 0 saturated heterocycles. The molecule has 1 aliphatic rings. The van der Waals surface area contributed by atoms with Crippen LogP contribution in [0.15, 0.2) is 12.1 Å². The van der Waals surface area contributed by atoms with E-state index in [1.165, 1.54) is 37.0 Å². The van der Waals surface area contributed by atoms with Crippen molar-refractivity contribution >= 4 is 11.3 Å². The van der Waals surface area contributed by atoms with E-state index < -0.39 is 5.54 Å². The molecule has 1 saturated carbocycles. The molecule has 0 spiro atoms. The highest BCUT2D eigenvalue weighted by Gasteiger charge is 2.19. The molecule has 0 bridgehead atoms. The summed E-state index contributed by atoms with van der Waals surface area (Å²) in [6, 6.07) is 4.56. The summed E-state index contributed by atoms with van der Waals surface area (Å²) in [4.78, 5) is 2.98. The molecule has 1 aromatic heterocycles. The Morgan fingerprint density at radius 3 is 2.72 bits per heavy atom. The van der Waals surface area contributed by atoms with Gasteiger partial charge in [0.15, 0.2) is 0 Å². The minimum Gasteiger partial charge on any atom is -0.394 e. The fourth-order valence-corrected chi connectivity index (χ4v) is 3.80. The molecule has 102 valence electrons. The van der Waals surface area contributed by atoms with Crippen LogP contribution < -0.4 is 5.73 Å². The van der Waals surface area contributed by atoms with Gasteiger partial charge >= 0.3 is 0 Å². The van der Waals surface area contributed by atoms with Crippen molar-refractivity contribution in [2.24, 2.45) is 5.73 Å². The zero-order valence-electron chi connectivity index (χ0n) is 11.3. The summed E-state index contributed by atoms with van der Waals surface area (Å²) in [6.45, 7) is 1.98. The van der Waals surface area contributed by atoms with E-state index in [2.05, 4.69) is 12.1 Å². The predicted octanol–water partition coefficient (Wildman–Crippen LogP) is 3.44. The van der Waals surface area contributed by atoms with Gasteiger partial charge in [-0.05, 0) is 50.7 Å². The van der Waals surface area contributed by atoms with Crippen LogP contribution in [-0.2, 0) is 6.42 Å². The van der Waals surface area contributed by atoms with Gasteiger partial charge in [-0.15, -0.1) is 11.3 Å². The first kappa shape index (κ1) is 14.0. The highest BCUT2D eigenvalue weighted by atomic mass is 32.1. The number of aliphatic hydroxyl groups is 1. The van der Waals surface area contributed by atoms with Crippen LogP contribution in [0.2, 0.25) is 0 Å². The van der Waals surface area contributed by atoms with Gasteiger partial charge in [-0.25, -0.2) is 0 Å². The molecule has 3 N–H and O–H groups in total. The fraction of sp³-hybridized carbons (Fsp3) is 0.733. The molecule has 0 aromatic carbocycles. The Morgan fingerprint density at radius 2 is 2.06 bits per heavy atom. The summed E-state index contributed by atoms with van der Waals surface area (Å²) in [5.41, 5.74) is 5.53. The van der Waals surface area contributed by atoms with Gasteiger partial charge in [0.1, 0.15) is 0 Å². The molecule has 1 heterocycles. The molecule has 2 nitrogen and oxygen atoms in total. The second-order valence-corrected chi connectivity index (χ2v) is 7.15. The molecule has 2 rings (SSSR count). The summed E-state index contributed by atoms with van der Waals surface area (Å²) in [5.74, 6) is 0.805. The zero-order valence-corrected chi connectivity index (χ0v) is 12.1. The van der Waals surface area contributed by atoms with Crippen molar-refractivity contribution in [1.29, 1.82) is 0 Å². The first-order valence-corrected chi connectivity index (χ1v) is 7.91. The first-order valence-electron chi connectivity index (χ1n) is 7.09. The van der Waals surface area contributed by atoms with E-state index in [0.717, 1.165) is 18.8 Å². The van der Waals surface area contributed by atoms with E-state index in [1.54, 1.807) is 4.88 Å². The highest BCUT2D eigenvalue weighted by Crippen LogP contribution is 2.36. The van der Waals surface area contributed by atoms with Gasteiger partial charge in [-0.2, -0.15) is 0 Å². The van der Waals surface area contributed by atoms with Crippen molar-refractivity contribution in [3.8, 4) is 0 Å². The van der Waals surface area contributed by atoms with E-state index in [0.29, 0.717) is 0 Å². The number of thiophene rings is 1. The molecule has 0 aliphatic heterocycles. The van der Waals surface area contributed by atoms with E-state index in [9.17, 15) is 0 Å². The number of nitrogens with two attached hydrogens (primary N) is 1. The van der Waals surface area contributed by atoms with Crippen LogP contribution in [0.5, 0.6) is 0 Å². The Bertz CT molecular complexity index is 366. The Kier molecular flexibility index (Phi) is 4.82. The summed E-state index contributed by atoms with van der Waals surface area (Å²) >= 11 is 1.95. The van der Waals surface area contributed by atoms with Crippen molar-refractivity contribution in [2.75, 3.05) is 6.61 Å². The number of aliphatic hydroxyl groups excluding tert-OH is 1. The Balaban J connectivity index is 1.89. The number of rotatable bonds is 5. The third kappa shape index (κ3) is 3.81. The van der Waals surface area contributed by atoms with Gasteiger partial charge in [-0.1, -0.05) is 19.3 Å². The third-order valence-electron chi connectivity index (χ3n) is 3.99. The van der Waals surface area contributed by atoms with Crippen molar-refractivity contribution in [2.45, 2.75) is 63.3 Å². The lowest BCUT2D eigenvalue weighted by atomic mass is 9.88. The third-order valence-corrected chi connectivity index (χ3v) is 5.30. The maximum atomic E-state index is 9.16. The van der Waals surface area contributed by atoms with Crippen LogP contribution in [0.3, 0.4) is 0 Å². The molecule has 3 heteroatoms. The Labute approximate surface area is 114 Å².